The Kier molecular flexibility index (Phi) is 4.12. The van der Waals surface area contributed by atoms with Gasteiger partial charge in [0.25, 0.3) is 5.56 Å². The van der Waals surface area contributed by atoms with Crippen molar-refractivity contribution in [3.63, 3.8) is 0 Å². The normalized spacial score (nSPS) is 20.9. The minimum Gasteiger partial charge on any atom is -0.316 e. The van der Waals surface area contributed by atoms with E-state index in [0.29, 0.717) is 10.4 Å². The van der Waals surface area contributed by atoms with E-state index in [1.807, 2.05) is 0 Å². The Morgan fingerprint density at radius 1 is 1.62 bits per heavy atom. The van der Waals surface area contributed by atoms with Crippen molar-refractivity contribution in [2.75, 3.05) is 13.1 Å². The number of piperidine rings is 1. The van der Waals surface area contributed by atoms with E-state index in [1.165, 1.54) is 12.8 Å². The van der Waals surface area contributed by atoms with Gasteiger partial charge in [-0.05, 0) is 54.2 Å². The smallest absolute Gasteiger partial charge is 0.267 e. The van der Waals surface area contributed by atoms with Gasteiger partial charge in [0, 0.05) is 12.7 Å². The van der Waals surface area contributed by atoms with E-state index < -0.39 is 0 Å². The second-order valence-electron chi connectivity index (χ2n) is 4.24. The topological polar surface area (TPSA) is 46.9 Å². The Labute approximate surface area is 103 Å². The van der Waals surface area contributed by atoms with Crippen LogP contribution in [0.2, 0.25) is 0 Å². The Bertz CT molecular complexity index is 398. The third-order valence-corrected chi connectivity index (χ3v) is 3.58. The molecule has 1 fully saturated rings. The first-order valence-electron chi connectivity index (χ1n) is 5.68. The first-order chi connectivity index (χ1) is 7.77. The summed E-state index contributed by atoms with van der Waals surface area (Å²) in [5.41, 5.74) is 0.0127. The quantitative estimate of drug-likeness (QED) is 0.913. The molecule has 1 atom stereocenters. The van der Waals surface area contributed by atoms with Crippen LogP contribution in [0.15, 0.2) is 21.8 Å². The molecule has 0 aromatic carbocycles. The molecular weight excluding hydrogens is 270 g/mol. The van der Waals surface area contributed by atoms with Gasteiger partial charge in [0.1, 0.15) is 4.47 Å². The summed E-state index contributed by atoms with van der Waals surface area (Å²) >= 11 is 3.20. The fraction of sp³-hybridized carbons (Fsp3) is 0.636. The van der Waals surface area contributed by atoms with Crippen LogP contribution < -0.4 is 10.9 Å². The number of aryl methyl sites for hydroxylation is 1. The molecule has 0 spiro atoms. The first-order valence-corrected chi connectivity index (χ1v) is 6.47. The van der Waals surface area contributed by atoms with Crippen LogP contribution in [0, 0.1) is 5.92 Å². The van der Waals surface area contributed by atoms with Gasteiger partial charge < -0.3 is 5.32 Å². The molecule has 1 saturated heterocycles. The lowest BCUT2D eigenvalue weighted by Crippen LogP contribution is -2.31. The molecule has 1 aromatic heterocycles. The maximum Gasteiger partial charge on any atom is 0.267 e. The average molecular weight is 286 g/mol. The van der Waals surface area contributed by atoms with E-state index in [1.54, 1.807) is 17.1 Å². The summed E-state index contributed by atoms with van der Waals surface area (Å²) in [5.74, 6) is 0.694. The third-order valence-electron chi connectivity index (χ3n) is 3.04. The highest BCUT2D eigenvalue weighted by molar-refractivity contribution is 9.10. The van der Waals surface area contributed by atoms with E-state index in [-0.39, 0.29) is 5.56 Å². The molecule has 0 saturated carbocycles. The Morgan fingerprint density at radius 2 is 2.50 bits per heavy atom. The van der Waals surface area contributed by atoms with Crippen LogP contribution in [0.5, 0.6) is 0 Å². The summed E-state index contributed by atoms with van der Waals surface area (Å²) in [4.78, 5) is 15.7. The van der Waals surface area contributed by atoms with Gasteiger partial charge in [-0.1, -0.05) is 0 Å². The Balaban J connectivity index is 1.94. The summed E-state index contributed by atoms with van der Waals surface area (Å²) in [7, 11) is 0. The standard InChI is InChI=1S/C11H16BrN3O/c12-10-7-14-8-15(11(10)16)5-3-9-2-1-4-13-6-9/h7-9,13H,1-6H2. The number of nitrogens with one attached hydrogen (secondary N) is 1. The predicted molar refractivity (Wildman–Crippen MR) is 66.4 cm³/mol. The lowest BCUT2D eigenvalue weighted by Gasteiger charge is -2.22. The fourth-order valence-corrected chi connectivity index (χ4v) is 2.42. The van der Waals surface area contributed by atoms with E-state index in [9.17, 15) is 4.79 Å². The molecule has 0 radical (unpaired) electrons. The monoisotopic (exact) mass is 285 g/mol. The van der Waals surface area contributed by atoms with Gasteiger partial charge >= 0.3 is 0 Å². The number of rotatable bonds is 3. The van der Waals surface area contributed by atoms with Crippen molar-refractivity contribution in [2.24, 2.45) is 5.92 Å². The Hall–Kier alpha value is -0.680. The Morgan fingerprint density at radius 3 is 3.25 bits per heavy atom. The van der Waals surface area contributed by atoms with Crippen LogP contribution in [0.1, 0.15) is 19.3 Å². The minimum atomic E-state index is 0.0127. The van der Waals surface area contributed by atoms with Crippen molar-refractivity contribution in [3.05, 3.63) is 27.4 Å². The SMILES string of the molecule is O=c1c(Br)cncn1CCC1CCCNC1. The van der Waals surface area contributed by atoms with Gasteiger partial charge in [-0.3, -0.25) is 9.36 Å². The van der Waals surface area contributed by atoms with Crippen molar-refractivity contribution in [1.29, 1.82) is 0 Å². The van der Waals surface area contributed by atoms with Crippen molar-refractivity contribution < 1.29 is 0 Å². The maximum atomic E-state index is 11.7. The second kappa shape index (κ2) is 5.59. The van der Waals surface area contributed by atoms with Crippen LogP contribution in [0.3, 0.4) is 0 Å². The summed E-state index contributed by atoms with van der Waals surface area (Å²) < 4.78 is 2.22. The molecule has 0 amide bonds. The summed E-state index contributed by atoms with van der Waals surface area (Å²) in [6.45, 7) is 2.97. The van der Waals surface area contributed by atoms with E-state index in [0.717, 1.165) is 26.1 Å². The highest BCUT2D eigenvalue weighted by atomic mass is 79.9. The lowest BCUT2D eigenvalue weighted by molar-refractivity contribution is 0.339. The van der Waals surface area contributed by atoms with Gasteiger partial charge in [0.05, 0.1) is 6.33 Å². The summed E-state index contributed by atoms with van der Waals surface area (Å²) in [5, 5.41) is 3.38. The molecule has 2 heterocycles. The van der Waals surface area contributed by atoms with Gasteiger partial charge in [0.2, 0.25) is 0 Å². The van der Waals surface area contributed by atoms with Gasteiger partial charge in [0.15, 0.2) is 0 Å². The number of aromatic nitrogens is 2. The zero-order chi connectivity index (χ0) is 11.4. The van der Waals surface area contributed by atoms with Crippen LogP contribution in [-0.2, 0) is 6.54 Å². The average Bonchev–Trinajstić information content (AvgIpc) is 2.32. The molecule has 0 aliphatic carbocycles. The van der Waals surface area contributed by atoms with Crippen molar-refractivity contribution in [2.45, 2.75) is 25.8 Å². The molecule has 1 unspecified atom stereocenters. The van der Waals surface area contributed by atoms with E-state index in [4.69, 9.17) is 0 Å². The van der Waals surface area contributed by atoms with E-state index >= 15 is 0 Å². The largest absolute Gasteiger partial charge is 0.316 e. The van der Waals surface area contributed by atoms with Gasteiger partial charge in [-0.15, -0.1) is 0 Å². The molecule has 1 aliphatic rings. The molecular formula is C11H16BrN3O. The number of hydrogen-bond acceptors (Lipinski definition) is 3. The minimum absolute atomic E-state index is 0.0127. The maximum absolute atomic E-state index is 11.7. The van der Waals surface area contributed by atoms with Crippen molar-refractivity contribution in [3.8, 4) is 0 Å². The van der Waals surface area contributed by atoms with E-state index in [2.05, 4.69) is 26.2 Å². The third kappa shape index (κ3) is 2.92. The molecule has 1 aliphatic heterocycles. The molecule has 88 valence electrons. The molecule has 5 heteroatoms. The molecule has 16 heavy (non-hydrogen) atoms. The summed E-state index contributed by atoms with van der Waals surface area (Å²) in [6.07, 6.45) is 6.72. The molecule has 1 aromatic rings. The molecule has 1 N–H and O–H groups in total. The van der Waals surface area contributed by atoms with Crippen LogP contribution in [0.4, 0.5) is 0 Å². The molecule has 0 bridgehead atoms. The molecule has 2 rings (SSSR count). The zero-order valence-corrected chi connectivity index (χ0v) is 10.7. The van der Waals surface area contributed by atoms with Crippen LogP contribution >= 0.6 is 15.9 Å². The van der Waals surface area contributed by atoms with Crippen molar-refractivity contribution >= 4 is 15.9 Å². The second-order valence-corrected chi connectivity index (χ2v) is 5.10. The lowest BCUT2D eigenvalue weighted by atomic mass is 9.96. The van der Waals surface area contributed by atoms with Crippen molar-refractivity contribution in [1.82, 2.24) is 14.9 Å². The number of halogens is 1. The fourth-order valence-electron chi connectivity index (χ4n) is 2.08. The number of hydrogen-bond donors (Lipinski definition) is 1. The van der Waals surface area contributed by atoms with Gasteiger partial charge in [-0.2, -0.15) is 0 Å². The zero-order valence-electron chi connectivity index (χ0n) is 9.16. The summed E-state index contributed by atoms with van der Waals surface area (Å²) in [6, 6.07) is 0. The first kappa shape index (κ1) is 11.8. The van der Waals surface area contributed by atoms with Crippen LogP contribution in [0.25, 0.3) is 0 Å². The highest BCUT2D eigenvalue weighted by Gasteiger charge is 2.13. The molecule has 4 nitrogen and oxygen atoms in total. The number of nitrogens with zero attached hydrogens (tertiary/aromatic N) is 2. The van der Waals surface area contributed by atoms with Crippen LogP contribution in [-0.4, -0.2) is 22.6 Å². The van der Waals surface area contributed by atoms with Gasteiger partial charge in [-0.25, -0.2) is 4.98 Å². The predicted octanol–water partition coefficient (Wildman–Crippen LogP) is 1.40. The highest BCUT2D eigenvalue weighted by Crippen LogP contribution is 2.14.